The Balaban J connectivity index is 2.55. The molecule has 1 heterocycles. The van der Waals surface area contributed by atoms with E-state index in [1.165, 1.54) is 6.07 Å². The van der Waals surface area contributed by atoms with Crippen molar-refractivity contribution in [3.8, 4) is 0 Å². The van der Waals surface area contributed by atoms with Crippen LogP contribution in [0.1, 0.15) is 11.4 Å². The van der Waals surface area contributed by atoms with Gasteiger partial charge in [0.1, 0.15) is 5.82 Å². The van der Waals surface area contributed by atoms with Gasteiger partial charge in [-0.25, -0.2) is 4.98 Å². The van der Waals surface area contributed by atoms with E-state index < -0.39 is 11.7 Å². The summed E-state index contributed by atoms with van der Waals surface area (Å²) in [6.07, 6.45) is -4.38. The van der Waals surface area contributed by atoms with Crippen LogP contribution in [0.2, 0.25) is 0 Å². The van der Waals surface area contributed by atoms with E-state index in [4.69, 9.17) is 5.11 Å². The molecule has 0 saturated carbocycles. The van der Waals surface area contributed by atoms with Crippen molar-refractivity contribution in [2.45, 2.75) is 19.3 Å². The molecule has 104 valence electrons. The molecule has 0 saturated heterocycles. The van der Waals surface area contributed by atoms with Crippen LogP contribution in [-0.4, -0.2) is 28.3 Å². The van der Waals surface area contributed by atoms with Gasteiger partial charge in [-0.1, -0.05) is 0 Å². The number of aromatic nitrogens is 2. The van der Waals surface area contributed by atoms with Crippen LogP contribution in [-0.2, 0) is 19.3 Å². The van der Waals surface area contributed by atoms with Crippen LogP contribution in [0.3, 0.4) is 0 Å². The lowest BCUT2D eigenvalue weighted by Gasteiger charge is -2.08. The van der Waals surface area contributed by atoms with Crippen LogP contribution < -0.4 is 5.32 Å². The Hall–Kier alpha value is -1.60. The molecule has 19 heavy (non-hydrogen) atoms. The highest BCUT2D eigenvalue weighted by molar-refractivity contribution is 5.77. The Bertz CT molecular complexity index is 577. The normalized spacial score (nSPS) is 12.3. The molecule has 1 aromatic carbocycles. The number of alkyl halides is 3. The third-order valence-electron chi connectivity index (χ3n) is 2.81. The highest BCUT2D eigenvalue weighted by Crippen LogP contribution is 2.31. The second-order valence-electron chi connectivity index (χ2n) is 4.13. The summed E-state index contributed by atoms with van der Waals surface area (Å²) in [6.45, 7) is 0.637. The van der Waals surface area contributed by atoms with E-state index in [1.54, 1.807) is 11.6 Å². The summed E-state index contributed by atoms with van der Waals surface area (Å²) in [5.41, 5.74) is 0.158. The van der Waals surface area contributed by atoms with Crippen molar-refractivity contribution in [2.24, 2.45) is 0 Å². The minimum absolute atomic E-state index is 0.0941. The summed E-state index contributed by atoms with van der Waals surface area (Å²) < 4.78 is 39.6. The van der Waals surface area contributed by atoms with Crippen molar-refractivity contribution in [3.05, 3.63) is 29.6 Å². The number of nitrogens with one attached hydrogen (secondary N) is 1. The topological polar surface area (TPSA) is 50.1 Å². The minimum Gasteiger partial charge on any atom is -0.395 e. The first-order valence-corrected chi connectivity index (χ1v) is 5.79. The summed E-state index contributed by atoms with van der Waals surface area (Å²) in [7, 11) is 1.73. The first kappa shape index (κ1) is 13.8. The fraction of sp³-hybridized carbons (Fsp3) is 0.417. The van der Waals surface area contributed by atoms with Crippen LogP contribution in [0.5, 0.6) is 0 Å². The van der Waals surface area contributed by atoms with Crippen molar-refractivity contribution in [2.75, 3.05) is 13.7 Å². The molecule has 4 nitrogen and oxygen atoms in total. The number of rotatable bonds is 4. The van der Waals surface area contributed by atoms with Crippen LogP contribution in [0.4, 0.5) is 13.2 Å². The predicted octanol–water partition coefficient (Wildman–Crippen LogP) is 1.77. The number of halogens is 3. The molecule has 7 heteroatoms. The van der Waals surface area contributed by atoms with Crippen molar-refractivity contribution >= 4 is 11.0 Å². The van der Waals surface area contributed by atoms with Gasteiger partial charge in [0.2, 0.25) is 0 Å². The first-order chi connectivity index (χ1) is 8.97. The van der Waals surface area contributed by atoms with E-state index in [0.29, 0.717) is 24.4 Å². The smallest absolute Gasteiger partial charge is 0.395 e. The molecule has 2 N–H and O–H groups in total. The van der Waals surface area contributed by atoms with Crippen LogP contribution in [0.15, 0.2) is 18.2 Å². The molecule has 0 fully saturated rings. The van der Waals surface area contributed by atoms with Gasteiger partial charge in [-0.3, -0.25) is 0 Å². The van der Waals surface area contributed by atoms with Crippen molar-refractivity contribution in [3.63, 3.8) is 0 Å². The van der Waals surface area contributed by atoms with Crippen LogP contribution in [0.25, 0.3) is 11.0 Å². The van der Waals surface area contributed by atoms with Crippen molar-refractivity contribution < 1.29 is 18.3 Å². The molecule has 0 aliphatic carbocycles. The molecule has 1 aromatic heterocycles. The summed E-state index contributed by atoms with van der Waals surface area (Å²) in [5.74, 6) is 0.603. The van der Waals surface area contributed by atoms with E-state index in [0.717, 1.165) is 12.1 Å². The highest BCUT2D eigenvalue weighted by atomic mass is 19.4. The zero-order valence-electron chi connectivity index (χ0n) is 10.3. The van der Waals surface area contributed by atoms with Gasteiger partial charge >= 0.3 is 6.18 Å². The average Bonchev–Trinajstić information content (AvgIpc) is 2.67. The van der Waals surface area contributed by atoms with Crippen molar-refractivity contribution in [1.29, 1.82) is 0 Å². The van der Waals surface area contributed by atoms with E-state index in [9.17, 15) is 13.2 Å². The highest BCUT2D eigenvalue weighted by Gasteiger charge is 2.31. The average molecular weight is 273 g/mol. The molecule has 0 aliphatic heterocycles. The Morgan fingerprint density at radius 1 is 1.37 bits per heavy atom. The number of hydrogen-bond donors (Lipinski definition) is 2. The summed E-state index contributed by atoms with van der Waals surface area (Å²) >= 11 is 0. The van der Waals surface area contributed by atoms with Crippen LogP contribution in [0, 0.1) is 0 Å². The lowest BCUT2D eigenvalue weighted by Crippen LogP contribution is -2.13. The number of benzene rings is 1. The molecular weight excluding hydrogens is 259 g/mol. The largest absolute Gasteiger partial charge is 0.416 e. The van der Waals surface area contributed by atoms with E-state index in [1.807, 2.05) is 0 Å². The molecule has 2 aromatic rings. The quantitative estimate of drug-likeness (QED) is 0.892. The van der Waals surface area contributed by atoms with E-state index in [-0.39, 0.29) is 12.1 Å². The number of nitrogens with zero attached hydrogens (tertiary/aromatic N) is 2. The molecule has 0 aliphatic rings. The van der Waals surface area contributed by atoms with Gasteiger partial charge in [-0.05, 0) is 25.2 Å². The van der Waals surface area contributed by atoms with Gasteiger partial charge in [-0.2, -0.15) is 13.2 Å². The Labute approximate surface area is 107 Å². The maximum absolute atomic E-state index is 12.6. The summed E-state index contributed by atoms with van der Waals surface area (Å²) in [6, 6.07) is 3.45. The molecule has 0 bridgehead atoms. The minimum atomic E-state index is -4.38. The van der Waals surface area contributed by atoms with Gasteiger partial charge < -0.3 is 15.0 Å². The van der Waals surface area contributed by atoms with Gasteiger partial charge in [0.15, 0.2) is 0 Å². The molecule has 2 rings (SSSR count). The molecule has 0 spiro atoms. The van der Waals surface area contributed by atoms with Crippen molar-refractivity contribution in [1.82, 2.24) is 14.9 Å². The second kappa shape index (κ2) is 5.18. The SMILES string of the molecule is CNCc1nc2cc(C(F)(F)F)ccc2n1CCO. The maximum Gasteiger partial charge on any atom is 0.416 e. The summed E-state index contributed by atoms with van der Waals surface area (Å²) in [4.78, 5) is 4.18. The molecular formula is C12H14F3N3O. The predicted molar refractivity (Wildman–Crippen MR) is 64.6 cm³/mol. The fourth-order valence-corrected chi connectivity index (χ4v) is 2.00. The van der Waals surface area contributed by atoms with Gasteiger partial charge in [-0.15, -0.1) is 0 Å². The molecule has 0 amide bonds. The lowest BCUT2D eigenvalue weighted by atomic mass is 10.2. The van der Waals surface area contributed by atoms with E-state index >= 15 is 0 Å². The zero-order valence-corrected chi connectivity index (χ0v) is 10.3. The Kier molecular flexibility index (Phi) is 3.77. The van der Waals surface area contributed by atoms with Gasteiger partial charge in [0.25, 0.3) is 0 Å². The monoisotopic (exact) mass is 273 g/mol. The Morgan fingerprint density at radius 2 is 2.11 bits per heavy atom. The maximum atomic E-state index is 12.6. The Morgan fingerprint density at radius 3 is 2.68 bits per heavy atom. The molecule has 0 atom stereocenters. The number of fused-ring (bicyclic) bond motifs is 1. The number of aliphatic hydroxyl groups excluding tert-OH is 1. The van der Waals surface area contributed by atoms with Crippen LogP contribution >= 0.6 is 0 Å². The second-order valence-corrected chi connectivity index (χ2v) is 4.13. The van der Waals surface area contributed by atoms with Gasteiger partial charge in [0, 0.05) is 6.54 Å². The molecule has 0 unspecified atom stereocenters. The third-order valence-corrected chi connectivity index (χ3v) is 2.81. The number of aliphatic hydroxyl groups is 1. The van der Waals surface area contributed by atoms with Gasteiger partial charge in [0.05, 0.1) is 29.7 Å². The summed E-state index contributed by atoms with van der Waals surface area (Å²) in [5, 5.41) is 11.9. The third kappa shape index (κ3) is 2.71. The standard InChI is InChI=1S/C12H14F3N3O/c1-16-7-11-17-9-6-8(12(13,14)15)2-3-10(9)18(11)4-5-19/h2-3,6,16,19H,4-5,7H2,1H3. The fourth-order valence-electron chi connectivity index (χ4n) is 2.00. The number of imidazole rings is 1. The first-order valence-electron chi connectivity index (χ1n) is 5.79. The molecule has 0 radical (unpaired) electrons. The lowest BCUT2D eigenvalue weighted by molar-refractivity contribution is -0.137. The zero-order chi connectivity index (χ0) is 14.0. The number of hydrogen-bond acceptors (Lipinski definition) is 3. The van der Waals surface area contributed by atoms with E-state index in [2.05, 4.69) is 10.3 Å².